The zero-order chi connectivity index (χ0) is 17.6. The fourth-order valence-corrected chi connectivity index (χ4v) is 2.70. The van der Waals surface area contributed by atoms with Crippen molar-refractivity contribution in [2.75, 3.05) is 56.4 Å². The maximum absolute atomic E-state index is 11.2. The molecule has 1 aliphatic rings. The lowest BCUT2D eigenvalue weighted by molar-refractivity contribution is -0.137. The van der Waals surface area contributed by atoms with Crippen LogP contribution in [0.5, 0.6) is 0 Å². The highest BCUT2D eigenvalue weighted by atomic mass is 32.2. The van der Waals surface area contributed by atoms with Gasteiger partial charge in [0.1, 0.15) is 6.33 Å². The first-order valence-corrected chi connectivity index (χ1v) is 8.56. The topological polar surface area (TPSA) is 120 Å². The van der Waals surface area contributed by atoms with E-state index in [1.165, 1.54) is 29.9 Å². The van der Waals surface area contributed by atoms with E-state index in [9.17, 15) is 4.79 Å². The normalized spacial score (nSPS) is 14.4. The van der Waals surface area contributed by atoms with Crippen LogP contribution in [0.4, 0.5) is 11.9 Å². The van der Waals surface area contributed by atoms with Gasteiger partial charge in [0.2, 0.25) is 17.1 Å². The van der Waals surface area contributed by atoms with E-state index < -0.39 is 0 Å². The Bertz CT molecular complexity index is 734. The van der Waals surface area contributed by atoms with Gasteiger partial charge in [-0.2, -0.15) is 19.6 Å². The molecule has 3 heterocycles. The van der Waals surface area contributed by atoms with Gasteiger partial charge in [-0.1, -0.05) is 11.8 Å². The molecule has 0 amide bonds. The Morgan fingerprint density at radius 1 is 1.32 bits per heavy atom. The van der Waals surface area contributed by atoms with Crippen LogP contribution in [0, 0.1) is 0 Å². The average Bonchev–Trinajstić information content (AvgIpc) is 3.15. The van der Waals surface area contributed by atoms with Crippen molar-refractivity contribution in [2.24, 2.45) is 0 Å². The highest BCUT2D eigenvalue weighted by molar-refractivity contribution is 7.99. The van der Waals surface area contributed by atoms with Crippen LogP contribution >= 0.6 is 11.8 Å². The quantitative estimate of drug-likeness (QED) is 0.531. The predicted molar refractivity (Wildman–Crippen MR) is 90.1 cm³/mol. The van der Waals surface area contributed by atoms with Crippen molar-refractivity contribution in [3.8, 4) is 5.95 Å². The van der Waals surface area contributed by atoms with E-state index in [2.05, 4.69) is 35.1 Å². The molecule has 1 fully saturated rings. The smallest absolute Gasteiger partial charge is 0.316 e. The summed E-state index contributed by atoms with van der Waals surface area (Å²) in [4.78, 5) is 30.5. The van der Waals surface area contributed by atoms with Crippen molar-refractivity contribution in [1.82, 2.24) is 29.7 Å². The second-order valence-corrected chi connectivity index (χ2v) is 5.89. The van der Waals surface area contributed by atoms with E-state index in [1.807, 2.05) is 4.90 Å². The number of morpholine rings is 1. The molecule has 1 aliphatic heterocycles. The van der Waals surface area contributed by atoms with Crippen LogP contribution < -0.4 is 10.2 Å². The summed E-state index contributed by atoms with van der Waals surface area (Å²) >= 11 is 1.18. The largest absolute Gasteiger partial charge is 0.468 e. The standard InChI is InChI=1S/C13H18N8O3S/c1-14-10-16-11(20-3-5-24-6-4-20)18-12(17-10)21-8-15-13(19-21)25-7-9(22)23-2/h8H,3-7H2,1-2H3,(H,14,16,17,18). The number of hydrogen-bond donors (Lipinski definition) is 1. The Morgan fingerprint density at radius 2 is 2.08 bits per heavy atom. The number of methoxy groups -OCH3 is 1. The minimum atomic E-state index is -0.339. The van der Waals surface area contributed by atoms with Crippen molar-refractivity contribution >= 4 is 29.6 Å². The minimum absolute atomic E-state index is 0.137. The molecule has 0 unspecified atom stereocenters. The molecule has 2 aromatic rings. The molecule has 0 aliphatic carbocycles. The molecule has 1 N–H and O–H groups in total. The molecule has 2 aromatic heterocycles. The Hall–Kier alpha value is -2.47. The van der Waals surface area contributed by atoms with Crippen LogP contribution in [0.25, 0.3) is 5.95 Å². The van der Waals surface area contributed by atoms with Crippen molar-refractivity contribution in [3.63, 3.8) is 0 Å². The zero-order valence-electron chi connectivity index (χ0n) is 13.9. The van der Waals surface area contributed by atoms with Crippen molar-refractivity contribution in [2.45, 2.75) is 5.16 Å². The van der Waals surface area contributed by atoms with Crippen LogP contribution in [0.2, 0.25) is 0 Å². The molecule has 1 saturated heterocycles. The van der Waals surface area contributed by atoms with Crippen LogP contribution in [-0.4, -0.2) is 81.9 Å². The molecule has 0 atom stereocenters. The van der Waals surface area contributed by atoms with Crippen LogP contribution in [0.15, 0.2) is 11.5 Å². The van der Waals surface area contributed by atoms with Gasteiger partial charge in [0.25, 0.3) is 5.95 Å². The zero-order valence-corrected chi connectivity index (χ0v) is 14.7. The fourth-order valence-electron chi connectivity index (χ4n) is 2.07. The molecular formula is C13H18N8O3S. The Kier molecular flexibility index (Phi) is 5.60. The number of rotatable bonds is 6. The third-order valence-electron chi connectivity index (χ3n) is 3.35. The number of ether oxygens (including phenoxy) is 2. The molecule has 11 nitrogen and oxygen atoms in total. The van der Waals surface area contributed by atoms with E-state index in [-0.39, 0.29) is 11.7 Å². The number of carbonyl (C=O) groups excluding carboxylic acids is 1. The second kappa shape index (κ2) is 8.07. The summed E-state index contributed by atoms with van der Waals surface area (Å²) in [7, 11) is 3.08. The van der Waals surface area contributed by atoms with Gasteiger partial charge in [0.15, 0.2) is 0 Å². The van der Waals surface area contributed by atoms with Gasteiger partial charge >= 0.3 is 5.97 Å². The summed E-state index contributed by atoms with van der Waals surface area (Å²) in [5.41, 5.74) is 0. The lowest BCUT2D eigenvalue weighted by Gasteiger charge is -2.26. The van der Waals surface area contributed by atoms with Gasteiger partial charge in [0, 0.05) is 20.1 Å². The Labute approximate surface area is 148 Å². The number of thioether (sulfide) groups is 1. The van der Waals surface area contributed by atoms with E-state index in [0.717, 1.165) is 0 Å². The lowest BCUT2D eigenvalue weighted by atomic mass is 10.4. The fraction of sp³-hybridized carbons (Fsp3) is 0.538. The second-order valence-electron chi connectivity index (χ2n) is 4.94. The maximum atomic E-state index is 11.2. The lowest BCUT2D eigenvalue weighted by Crippen LogP contribution is -2.37. The third kappa shape index (κ3) is 4.33. The highest BCUT2D eigenvalue weighted by Gasteiger charge is 2.18. The predicted octanol–water partition coefficient (Wildman–Crippen LogP) is -0.404. The van der Waals surface area contributed by atoms with E-state index in [4.69, 9.17) is 4.74 Å². The van der Waals surface area contributed by atoms with Gasteiger partial charge in [-0.05, 0) is 0 Å². The van der Waals surface area contributed by atoms with Gasteiger partial charge < -0.3 is 19.7 Å². The first-order chi connectivity index (χ1) is 12.2. The maximum Gasteiger partial charge on any atom is 0.316 e. The van der Waals surface area contributed by atoms with E-state index in [0.29, 0.717) is 49.3 Å². The molecule has 0 aromatic carbocycles. The SMILES string of the molecule is CNc1nc(N2CCOCC2)nc(-n2cnc(SCC(=O)OC)n2)n1. The molecule has 25 heavy (non-hydrogen) atoms. The van der Waals surface area contributed by atoms with Crippen LogP contribution in [0.3, 0.4) is 0 Å². The number of anilines is 2. The summed E-state index contributed by atoms with van der Waals surface area (Å²) in [6.07, 6.45) is 1.50. The van der Waals surface area contributed by atoms with Crippen LogP contribution in [0.1, 0.15) is 0 Å². The summed E-state index contributed by atoms with van der Waals surface area (Å²) in [5, 5.41) is 7.64. The molecule has 0 saturated carbocycles. The molecular weight excluding hydrogens is 348 g/mol. The first kappa shape index (κ1) is 17.4. The average molecular weight is 366 g/mol. The Balaban J connectivity index is 1.81. The minimum Gasteiger partial charge on any atom is -0.468 e. The van der Waals surface area contributed by atoms with Crippen molar-refractivity contribution < 1.29 is 14.3 Å². The summed E-state index contributed by atoms with van der Waals surface area (Å²) in [6.45, 7) is 2.69. The Morgan fingerprint density at radius 3 is 2.80 bits per heavy atom. The van der Waals surface area contributed by atoms with Gasteiger partial charge in [-0.25, -0.2) is 4.98 Å². The number of hydrogen-bond acceptors (Lipinski definition) is 11. The van der Waals surface area contributed by atoms with Gasteiger partial charge in [-0.15, -0.1) is 5.10 Å². The molecule has 0 spiro atoms. The summed E-state index contributed by atoms with van der Waals surface area (Å²) < 4.78 is 11.4. The van der Waals surface area contributed by atoms with E-state index in [1.54, 1.807) is 7.05 Å². The number of esters is 1. The number of aromatic nitrogens is 6. The third-order valence-corrected chi connectivity index (χ3v) is 4.18. The number of nitrogens with zero attached hydrogens (tertiary/aromatic N) is 7. The first-order valence-electron chi connectivity index (χ1n) is 7.58. The molecule has 0 radical (unpaired) electrons. The highest BCUT2D eigenvalue weighted by Crippen LogP contribution is 2.16. The van der Waals surface area contributed by atoms with Crippen LogP contribution in [-0.2, 0) is 14.3 Å². The van der Waals surface area contributed by atoms with Crippen molar-refractivity contribution in [1.29, 1.82) is 0 Å². The number of carbonyl (C=O) groups is 1. The summed E-state index contributed by atoms with van der Waals surface area (Å²) in [6, 6.07) is 0. The number of nitrogens with one attached hydrogen (secondary N) is 1. The molecule has 0 bridgehead atoms. The molecule has 134 valence electrons. The summed E-state index contributed by atoms with van der Waals surface area (Å²) in [5.74, 6) is 1.13. The van der Waals surface area contributed by atoms with Crippen molar-refractivity contribution in [3.05, 3.63) is 6.33 Å². The van der Waals surface area contributed by atoms with E-state index >= 15 is 0 Å². The molecule has 3 rings (SSSR count). The monoisotopic (exact) mass is 366 g/mol. The van der Waals surface area contributed by atoms with Gasteiger partial charge in [-0.3, -0.25) is 4.79 Å². The van der Waals surface area contributed by atoms with Gasteiger partial charge in [0.05, 0.1) is 26.1 Å². The molecule has 12 heteroatoms.